The maximum atomic E-state index is 12.3. The largest absolute Gasteiger partial charge is 0.326 e. The summed E-state index contributed by atoms with van der Waals surface area (Å²) >= 11 is 6.19. The van der Waals surface area contributed by atoms with Crippen molar-refractivity contribution in [2.45, 2.75) is 19.3 Å². The molecule has 3 aromatic heterocycles. The molecule has 0 bridgehead atoms. The van der Waals surface area contributed by atoms with E-state index < -0.39 is 0 Å². The number of carbonyl (C=O) groups is 1. The number of rotatable bonds is 1. The average Bonchev–Trinajstić information content (AvgIpc) is 3.15. The molecule has 2 N–H and O–H groups in total. The number of halogens is 1. The lowest BCUT2D eigenvalue weighted by Gasteiger charge is -2.26. The molecule has 0 spiro atoms. The molecule has 4 aromatic rings. The van der Waals surface area contributed by atoms with Crippen molar-refractivity contribution in [3.8, 4) is 0 Å². The minimum Gasteiger partial charge on any atom is -0.326 e. The van der Waals surface area contributed by atoms with Gasteiger partial charge in [0, 0.05) is 29.6 Å². The van der Waals surface area contributed by atoms with Gasteiger partial charge in [0.2, 0.25) is 5.91 Å². The van der Waals surface area contributed by atoms with E-state index in [1.54, 1.807) is 6.20 Å². The first-order valence-electron chi connectivity index (χ1n) is 8.01. The third-order valence-corrected chi connectivity index (χ3v) is 5.01. The van der Waals surface area contributed by atoms with Crippen LogP contribution in [-0.2, 0) is 4.79 Å². The van der Waals surface area contributed by atoms with Crippen LogP contribution in [0.4, 0.5) is 5.69 Å². The van der Waals surface area contributed by atoms with Crippen LogP contribution < -0.4 is 5.32 Å². The second kappa shape index (κ2) is 5.07. The van der Waals surface area contributed by atoms with E-state index in [2.05, 4.69) is 26.6 Å². The van der Waals surface area contributed by atoms with Gasteiger partial charge in [-0.15, -0.1) is 0 Å². The summed E-state index contributed by atoms with van der Waals surface area (Å²) in [6.07, 6.45) is 4.02. The van der Waals surface area contributed by atoms with Crippen LogP contribution in [0.15, 0.2) is 36.7 Å². The van der Waals surface area contributed by atoms with Crippen LogP contribution in [0.5, 0.6) is 0 Å². The second-order valence-electron chi connectivity index (χ2n) is 6.36. The van der Waals surface area contributed by atoms with Crippen molar-refractivity contribution < 1.29 is 4.79 Å². The maximum absolute atomic E-state index is 12.3. The Kier molecular flexibility index (Phi) is 2.93. The fraction of sp³-hybridized carbons (Fsp3) is 0.167. The van der Waals surface area contributed by atoms with Gasteiger partial charge in [-0.25, -0.2) is 4.98 Å². The Bertz CT molecular complexity index is 1160. The van der Waals surface area contributed by atoms with Gasteiger partial charge >= 0.3 is 0 Å². The van der Waals surface area contributed by atoms with Crippen molar-refractivity contribution in [1.82, 2.24) is 19.6 Å². The van der Waals surface area contributed by atoms with Gasteiger partial charge in [0.1, 0.15) is 5.65 Å². The first-order chi connectivity index (χ1) is 12.1. The van der Waals surface area contributed by atoms with Crippen molar-refractivity contribution in [2.24, 2.45) is 0 Å². The van der Waals surface area contributed by atoms with E-state index in [4.69, 9.17) is 11.6 Å². The number of aromatic amines is 1. The molecule has 0 fully saturated rings. The minimum absolute atomic E-state index is 0.00672. The third-order valence-electron chi connectivity index (χ3n) is 4.78. The van der Waals surface area contributed by atoms with Crippen LogP contribution >= 0.6 is 11.6 Å². The maximum Gasteiger partial charge on any atom is 0.225 e. The van der Waals surface area contributed by atoms with Gasteiger partial charge in [0.15, 0.2) is 0 Å². The zero-order chi connectivity index (χ0) is 17.1. The van der Waals surface area contributed by atoms with E-state index in [-0.39, 0.29) is 11.8 Å². The number of hydrogen-bond donors (Lipinski definition) is 2. The first-order valence-corrected chi connectivity index (χ1v) is 8.39. The lowest BCUT2D eigenvalue weighted by atomic mass is 9.86. The summed E-state index contributed by atoms with van der Waals surface area (Å²) in [5.74, 6) is -0.0933. The number of carbonyl (C=O) groups excluding carboxylic acids is 1. The molecule has 4 heterocycles. The highest BCUT2D eigenvalue weighted by Crippen LogP contribution is 2.40. The molecule has 7 heteroatoms. The number of fused-ring (bicyclic) bond motifs is 3. The zero-order valence-corrected chi connectivity index (χ0v) is 14.1. The molecule has 0 radical (unpaired) electrons. The summed E-state index contributed by atoms with van der Waals surface area (Å²) in [5.41, 5.74) is 5.51. The Labute approximate surface area is 147 Å². The lowest BCUT2D eigenvalue weighted by Crippen LogP contribution is -2.24. The van der Waals surface area contributed by atoms with E-state index >= 15 is 0 Å². The van der Waals surface area contributed by atoms with Gasteiger partial charge in [-0.05, 0) is 36.8 Å². The fourth-order valence-corrected chi connectivity index (χ4v) is 3.88. The second-order valence-corrected chi connectivity index (χ2v) is 6.80. The summed E-state index contributed by atoms with van der Waals surface area (Å²) < 4.78 is 1.99. The van der Waals surface area contributed by atoms with Gasteiger partial charge in [-0.1, -0.05) is 11.6 Å². The average molecular weight is 352 g/mol. The summed E-state index contributed by atoms with van der Waals surface area (Å²) in [7, 11) is 0. The highest BCUT2D eigenvalue weighted by molar-refractivity contribution is 6.30. The third kappa shape index (κ3) is 2.14. The van der Waals surface area contributed by atoms with Crippen molar-refractivity contribution in [3.63, 3.8) is 0 Å². The Balaban J connectivity index is 1.79. The molecule has 25 heavy (non-hydrogen) atoms. The van der Waals surface area contributed by atoms with Crippen LogP contribution in [0.2, 0.25) is 5.02 Å². The standard InChI is InChI=1S/C18H14ClN5O/c1-9-18(24-8-11(19)2-3-16(24)21-9)13-5-17(25)22-15-6-14-10(4-12(13)15)7-20-23-14/h2-4,6-8,13H,5H2,1H3,(H,20,23)(H,22,25)/t13-/m1/s1. The van der Waals surface area contributed by atoms with Crippen LogP contribution in [0.25, 0.3) is 16.6 Å². The topological polar surface area (TPSA) is 75.1 Å². The summed E-state index contributed by atoms with van der Waals surface area (Å²) in [6, 6.07) is 7.74. The molecule has 0 aliphatic carbocycles. The number of anilines is 1. The van der Waals surface area contributed by atoms with E-state index in [1.165, 1.54) is 0 Å². The molecule has 1 aromatic carbocycles. The molecule has 0 saturated carbocycles. The normalized spacial score (nSPS) is 17.0. The SMILES string of the molecule is Cc1nc2ccc(Cl)cn2c1[C@@H]1CC(=O)Nc2cc3[nH]ncc3cc21. The predicted molar refractivity (Wildman–Crippen MR) is 96.1 cm³/mol. The monoisotopic (exact) mass is 351 g/mol. The van der Waals surface area contributed by atoms with E-state index in [0.717, 1.165) is 39.2 Å². The predicted octanol–water partition coefficient (Wildman–Crippen LogP) is 3.65. The van der Waals surface area contributed by atoms with E-state index in [1.807, 2.05) is 35.7 Å². The molecule has 1 amide bonds. The number of hydrogen-bond acceptors (Lipinski definition) is 3. The summed E-state index contributed by atoms with van der Waals surface area (Å²) in [5, 5.41) is 11.7. The first kappa shape index (κ1) is 14.5. The number of nitrogens with zero attached hydrogens (tertiary/aromatic N) is 3. The van der Waals surface area contributed by atoms with Gasteiger partial charge in [0.25, 0.3) is 0 Å². The summed E-state index contributed by atoms with van der Waals surface area (Å²) in [6.45, 7) is 1.97. The number of nitrogens with one attached hydrogen (secondary N) is 2. The molecule has 1 aliphatic heterocycles. The van der Waals surface area contributed by atoms with Crippen LogP contribution in [-0.4, -0.2) is 25.5 Å². The molecule has 1 aliphatic rings. The smallest absolute Gasteiger partial charge is 0.225 e. The minimum atomic E-state index is -0.0866. The van der Waals surface area contributed by atoms with Crippen molar-refractivity contribution in [1.29, 1.82) is 0 Å². The van der Waals surface area contributed by atoms with Crippen molar-refractivity contribution in [3.05, 3.63) is 58.6 Å². The van der Waals surface area contributed by atoms with E-state index in [9.17, 15) is 4.79 Å². The molecule has 5 rings (SSSR count). The van der Waals surface area contributed by atoms with Crippen LogP contribution in [0.1, 0.15) is 29.3 Å². The van der Waals surface area contributed by atoms with E-state index in [0.29, 0.717) is 11.4 Å². The number of aromatic nitrogens is 4. The van der Waals surface area contributed by atoms with Crippen LogP contribution in [0, 0.1) is 6.92 Å². The number of H-pyrrole nitrogens is 1. The molecule has 124 valence electrons. The van der Waals surface area contributed by atoms with Gasteiger partial charge < -0.3 is 9.72 Å². The molecule has 0 saturated heterocycles. The molecular weight excluding hydrogens is 338 g/mol. The quantitative estimate of drug-likeness (QED) is 0.549. The Morgan fingerprint density at radius 3 is 3.08 bits per heavy atom. The number of benzene rings is 1. The van der Waals surface area contributed by atoms with Crippen molar-refractivity contribution in [2.75, 3.05) is 5.32 Å². The van der Waals surface area contributed by atoms with Crippen LogP contribution in [0.3, 0.4) is 0 Å². The Morgan fingerprint density at radius 2 is 2.20 bits per heavy atom. The zero-order valence-electron chi connectivity index (χ0n) is 13.4. The Morgan fingerprint density at radius 1 is 1.32 bits per heavy atom. The highest BCUT2D eigenvalue weighted by atomic mass is 35.5. The van der Waals surface area contributed by atoms with Gasteiger partial charge in [-0.2, -0.15) is 5.10 Å². The molecule has 6 nitrogen and oxygen atoms in total. The molecule has 0 unspecified atom stereocenters. The summed E-state index contributed by atoms with van der Waals surface area (Å²) in [4.78, 5) is 17.0. The number of aryl methyl sites for hydroxylation is 1. The van der Waals surface area contributed by atoms with Gasteiger partial charge in [-0.3, -0.25) is 9.89 Å². The highest BCUT2D eigenvalue weighted by Gasteiger charge is 2.31. The number of imidazole rings is 1. The molecule has 1 atom stereocenters. The van der Waals surface area contributed by atoms with Crippen molar-refractivity contribution >= 4 is 39.7 Å². The fourth-order valence-electron chi connectivity index (χ4n) is 3.72. The molecular formula is C18H14ClN5O. The van der Waals surface area contributed by atoms with Gasteiger partial charge in [0.05, 0.1) is 28.1 Å². The number of pyridine rings is 1. The Hall–Kier alpha value is -2.86. The number of amides is 1. The lowest BCUT2D eigenvalue weighted by molar-refractivity contribution is -0.116.